The van der Waals surface area contributed by atoms with Gasteiger partial charge < -0.3 is 10.1 Å². The standard InChI is InChI=1S/C17H18ClNO2/c1-11-4-5-13(3)16(8-11)21-10-17(20)19-14-7-6-12(2)15(18)9-14/h4-9H,10H2,1-3H3,(H,19,20). The van der Waals surface area contributed by atoms with Crippen molar-refractivity contribution in [1.82, 2.24) is 0 Å². The van der Waals surface area contributed by atoms with Gasteiger partial charge in [0.05, 0.1) is 0 Å². The number of carbonyl (C=O) groups is 1. The zero-order chi connectivity index (χ0) is 15.4. The van der Waals surface area contributed by atoms with Crippen LogP contribution in [0.15, 0.2) is 36.4 Å². The number of anilines is 1. The van der Waals surface area contributed by atoms with Gasteiger partial charge in [-0.3, -0.25) is 4.79 Å². The summed E-state index contributed by atoms with van der Waals surface area (Å²) < 4.78 is 5.56. The molecule has 1 amide bonds. The quantitative estimate of drug-likeness (QED) is 0.915. The SMILES string of the molecule is Cc1ccc(C)c(OCC(=O)Nc2ccc(C)c(Cl)c2)c1. The molecule has 0 saturated heterocycles. The van der Waals surface area contributed by atoms with E-state index in [1.165, 1.54) is 0 Å². The average molecular weight is 304 g/mol. The second kappa shape index (κ2) is 6.64. The Hall–Kier alpha value is -2.00. The molecule has 2 rings (SSSR count). The molecule has 0 atom stereocenters. The first kappa shape index (κ1) is 15.4. The van der Waals surface area contributed by atoms with Crippen molar-refractivity contribution in [2.45, 2.75) is 20.8 Å². The van der Waals surface area contributed by atoms with Gasteiger partial charge in [-0.2, -0.15) is 0 Å². The van der Waals surface area contributed by atoms with Gasteiger partial charge in [-0.05, 0) is 55.7 Å². The van der Waals surface area contributed by atoms with E-state index in [1.54, 1.807) is 6.07 Å². The number of benzene rings is 2. The molecule has 0 fully saturated rings. The lowest BCUT2D eigenvalue weighted by atomic mass is 10.1. The van der Waals surface area contributed by atoms with Gasteiger partial charge in [0, 0.05) is 10.7 Å². The van der Waals surface area contributed by atoms with Gasteiger partial charge in [0.1, 0.15) is 5.75 Å². The summed E-state index contributed by atoms with van der Waals surface area (Å²) in [4.78, 5) is 11.9. The summed E-state index contributed by atoms with van der Waals surface area (Å²) in [5, 5.41) is 3.39. The van der Waals surface area contributed by atoms with Crippen molar-refractivity contribution < 1.29 is 9.53 Å². The summed E-state index contributed by atoms with van der Waals surface area (Å²) in [5.74, 6) is 0.517. The maximum absolute atomic E-state index is 11.9. The van der Waals surface area contributed by atoms with E-state index in [0.29, 0.717) is 10.7 Å². The summed E-state index contributed by atoms with van der Waals surface area (Å²) in [6, 6.07) is 11.3. The van der Waals surface area contributed by atoms with E-state index in [-0.39, 0.29) is 12.5 Å². The molecule has 21 heavy (non-hydrogen) atoms. The number of halogens is 1. The number of hydrogen-bond acceptors (Lipinski definition) is 2. The van der Waals surface area contributed by atoms with Crippen molar-refractivity contribution in [1.29, 1.82) is 0 Å². The number of ether oxygens (including phenoxy) is 1. The average Bonchev–Trinajstić information content (AvgIpc) is 2.44. The largest absolute Gasteiger partial charge is 0.483 e. The Kier molecular flexibility index (Phi) is 4.86. The van der Waals surface area contributed by atoms with Crippen LogP contribution in [0.3, 0.4) is 0 Å². The van der Waals surface area contributed by atoms with E-state index < -0.39 is 0 Å². The van der Waals surface area contributed by atoms with Crippen LogP contribution in [0.1, 0.15) is 16.7 Å². The molecular formula is C17H18ClNO2. The maximum atomic E-state index is 11.9. The highest BCUT2D eigenvalue weighted by atomic mass is 35.5. The molecule has 1 N–H and O–H groups in total. The van der Waals surface area contributed by atoms with E-state index in [4.69, 9.17) is 16.3 Å². The zero-order valence-corrected chi connectivity index (χ0v) is 13.1. The van der Waals surface area contributed by atoms with Gasteiger partial charge in [-0.15, -0.1) is 0 Å². The van der Waals surface area contributed by atoms with Crippen molar-refractivity contribution in [3.8, 4) is 5.75 Å². The fraction of sp³-hybridized carbons (Fsp3) is 0.235. The Morgan fingerprint density at radius 3 is 2.52 bits per heavy atom. The van der Waals surface area contributed by atoms with Crippen LogP contribution in [0.5, 0.6) is 5.75 Å². The van der Waals surface area contributed by atoms with Gasteiger partial charge in [0.2, 0.25) is 0 Å². The summed E-state index contributed by atoms with van der Waals surface area (Å²) in [6.07, 6.45) is 0. The minimum Gasteiger partial charge on any atom is -0.483 e. The molecule has 110 valence electrons. The number of hydrogen-bond donors (Lipinski definition) is 1. The number of carbonyl (C=O) groups excluding carboxylic acids is 1. The Labute approximate surface area is 129 Å². The normalized spacial score (nSPS) is 10.3. The maximum Gasteiger partial charge on any atom is 0.262 e. The van der Waals surface area contributed by atoms with E-state index in [2.05, 4.69) is 5.32 Å². The first-order chi connectivity index (χ1) is 9.95. The third-order valence-electron chi connectivity index (χ3n) is 3.16. The molecule has 0 radical (unpaired) electrons. The highest BCUT2D eigenvalue weighted by Crippen LogP contribution is 2.21. The minimum absolute atomic E-state index is 0.0320. The molecule has 0 heterocycles. The van der Waals surface area contributed by atoms with E-state index in [1.807, 2.05) is 51.1 Å². The Balaban J connectivity index is 1.95. The minimum atomic E-state index is -0.212. The molecule has 0 spiro atoms. The molecule has 2 aromatic carbocycles. The Morgan fingerprint density at radius 1 is 1.10 bits per heavy atom. The van der Waals surface area contributed by atoms with Crippen LogP contribution in [0.2, 0.25) is 5.02 Å². The summed E-state index contributed by atoms with van der Waals surface area (Å²) in [7, 11) is 0. The van der Waals surface area contributed by atoms with Crippen LogP contribution < -0.4 is 10.1 Å². The van der Waals surface area contributed by atoms with Crippen LogP contribution in [0.25, 0.3) is 0 Å². The van der Waals surface area contributed by atoms with E-state index in [9.17, 15) is 4.79 Å². The number of amides is 1. The molecule has 0 aliphatic heterocycles. The molecule has 4 heteroatoms. The summed E-state index contributed by atoms with van der Waals surface area (Å²) in [6.45, 7) is 5.82. The van der Waals surface area contributed by atoms with Crippen molar-refractivity contribution >= 4 is 23.2 Å². The fourth-order valence-corrected chi connectivity index (χ4v) is 2.05. The summed E-state index contributed by atoms with van der Waals surface area (Å²) in [5.41, 5.74) is 3.74. The molecule has 0 unspecified atom stereocenters. The Bertz CT molecular complexity index is 668. The monoisotopic (exact) mass is 303 g/mol. The van der Waals surface area contributed by atoms with E-state index >= 15 is 0 Å². The first-order valence-corrected chi connectivity index (χ1v) is 7.09. The van der Waals surface area contributed by atoms with Crippen LogP contribution in [0.4, 0.5) is 5.69 Å². The van der Waals surface area contributed by atoms with Gasteiger partial charge >= 0.3 is 0 Å². The van der Waals surface area contributed by atoms with Crippen molar-refractivity contribution in [3.05, 3.63) is 58.1 Å². The summed E-state index contributed by atoms with van der Waals surface area (Å²) >= 11 is 6.03. The lowest BCUT2D eigenvalue weighted by molar-refractivity contribution is -0.118. The fourth-order valence-electron chi connectivity index (χ4n) is 1.87. The molecule has 0 aliphatic carbocycles. The molecule has 3 nitrogen and oxygen atoms in total. The lowest BCUT2D eigenvalue weighted by Gasteiger charge is -2.11. The smallest absolute Gasteiger partial charge is 0.262 e. The first-order valence-electron chi connectivity index (χ1n) is 6.72. The molecule has 2 aromatic rings. The lowest BCUT2D eigenvalue weighted by Crippen LogP contribution is -2.20. The third kappa shape index (κ3) is 4.23. The third-order valence-corrected chi connectivity index (χ3v) is 3.57. The Morgan fingerprint density at radius 2 is 1.81 bits per heavy atom. The van der Waals surface area contributed by atoms with Gasteiger partial charge in [0.15, 0.2) is 6.61 Å². The van der Waals surface area contributed by atoms with Gasteiger partial charge in [-0.1, -0.05) is 29.8 Å². The topological polar surface area (TPSA) is 38.3 Å². The zero-order valence-electron chi connectivity index (χ0n) is 12.4. The van der Waals surface area contributed by atoms with Crippen molar-refractivity contribution in [2.75, 3.05) is 11.9 Å². The second-order valence-corrected chi connectivity index (χ2v) is 5.48. The second-order valence-electron chi connectivity index (χ2n) is 5.07. The van der Waals surface area contributed by atoms with Crippen molar-refractivity contribution in [2.24, 2.45) is 0 Å². The number of nitrogens with one attached hydrogen (secondary N) is 1. The highest BCUT2D eigenvalue weighted by Gasteiger charge is 2.07. The van der Waals surface area contributed by atoms with Crippen molar-refractivity contribution in [3.63, 3.8) is 0 Å². The predicted octanol–water partition coefficient (Wildman–Crippen LogP) is 4.28. The van der Waals surface area contributed by atoms with E-state index in [0.717, 1.165) is 22.4 Å². The number of aryl methyl sites for hydroxylation is 3. The molecule has 0 bridgehead atoms. The molecule has 0 aromatic heterocycles. The van der Waals surface area contributed by atoms with Crippen LogP contribution in [-0.4, -0.2) is 12.5 Å². The predicted molar refractivity (Wildman–Crippen MR) is 86.2 cm³/mol. The van der Waals surface area contributed by atoms with Crippen LogP contribution >= 0.6 is 11.6 Å². The van der Waals surface area contributed by atoms with Crippen LogP contribution in [0, 0.1) is 20.8 Å². The molecular weight excluding hydrogens is 286 g/mol. The molecule has 0 saturated carbocycles. The van der Waals surface area contributed by atoms with Crippen LogP contribution in [-0.2, 0) is 4.79 Å². The molecule has 0 aliphatic rings. The van der Waals surface area contributed by atoms with Gasteiger partial charge in [-0.25, -0.2) is 0 Å². The number of rotatable bonds is 4. The van der Waals surface area contributed by atoms with Gasteiger partial charge in [0.25, 0.3) is 5.91 Å². The highest BCUT2D eigenvalue weighted by molar-refractivity contribution is 6.31.